The molecule has 0 atom stereocenters. The molecule has 3 heterocycles. The lowest BCUT2D eigenvalue weighted by atomic mass is 10.6. The van der Waals surface area contributed by atoms with Gasteiger partial charge in [-0.15, -0.1) is 0 Å². The van der Waals surface area contributed by atoms with Gasteiger partial charge in [0.1, 0.15) is 5.76 Å². The molecule has 0 radical (unpaired) electrons. The van der Waals surface area contributed by atoms with Crippen molar-refractivity contribution in [3.8, 4) is 5.95 Å². The van der Waals surface area contributed by atoms with Gasteiger partial charge in [0.2, 0.25) is 17.8 Å². The Hall–Kier alpha value is -2.97. The summed E-state index contributed by atoms with van der Waals surface area (Å²) in [6.45, 7) is 2.23. The first-order valence-electron chi connectivity index (χ1n) is 6.33. The Morgan fingerprint density at radius 1 is 1.24 bits per heavy atom. The molecule has 21 heavy (non-hydrogen) atoms. The summed E-state index contributed by atoms with van der Waals surface area (Å²) in [5, 5.41) is 10.0. The maximum Gasteiger partial charge on any atom is 0.257 e. The molecule has 0 fully saturated rings. The molecule has 0 aromatic carbocycles. The van der Waals surface area contributed by atoms with Crippen LogP contribution in [-0.2, 0) is 6.54 Å². The maximum absolute atomic E-state index is 5.39. The molecule has 3 aromatic rings. The average molecular weight is 286 g/mol. The summed E-state index contributed by atoms with van der Waals surface area (Å²) in [6.07, 6.45) is 5.08. The highest BCUT2D eigenvalue weighted by Gasteiger charge is 2.08. The number of aryl methyl sites for hydroxylation is 1. The second-order valence-electron chi connectivity index (χ2n) is 4.20. The van der Waals surface area contributed by atoms with Gasteiger partial charge >= 0.3 is 0 Å². The monoisotopic (exact) mass is 286 g/mol. The quantitative estimate of drug-likeness (QED) is 0.715. The van der Waals surface area contributed by atoms with E-state index in [2.05, 4.69) is 35.7 Å². The Bertz CT molecular complexity index is 721. The third kappa shape index (κ3) is 2.96. The molecule has 0 unspecified atom stereocenters. The van der Waals surface area contributed by atoms with Crippen LogP contribution in [0.2, 0.25) is 0 Å². The molecule has 108 valence electrons. The molecule has 9 heteroatoms. The molecule has 0 amide bonds. The van der Waals surface area contributed by atoms with Crippen molar-refractivity contribution in [2.24, 2.45) is 0 Å². The van der Waals surface area contributed by atoms with E-state index in [9.17, 15) is 0 Å². The van der Waals surface area contributed by atoms with E-state index in [1.54, 1.807) is 36.4 Å². The van der Waals surface area contributed by atoms with Gasteiger partial charge in [-0.25, -0.2) is 9.67 Å². The summed E-state index contributed by atoms with van der Waals surface area (Å²) in [5.74, 6) is 2.61. The van der Waals surface area contributed by atoms with E-state index < -0.39 is 0 Å². The van der Waals surface area contributed by atoms with E-state index >= 15 is 0 Å². The van der Waals surface area contributed by atoms with Gasteiger partial charge in [0.05, 0.1) is 12.7 Å². The Kier molecular flexibility index (Phi) is 3.46. The minimum atomic E-state index is 0.388. The number of nitrogens with zero attached hydrogens (tertiary/aromatic N) is 6. The van der Waals surface area contributed by atoms with Crippen molar-refractivity contribution >= 4 is 11.9 Å². The highest BCUT2D eigenvalue weighted by Crippen LogP contribution is 2.10. The first-order chi connectivity index (χ1) is 10.2. The van der Waals surface area contributed by atoms with Crippen LogP contribution in [0.15, 0.2) is 29.1 Å². The second-order valence-corrected chi connectivity index (χ2v) is 4.20. The normalized spacial score (nSPS) is 10.6. The van der Waals surface area contributed by atoms with Crippen LogP contribution in [0.5, 0.6) is 0 Å². The van der Waals surface area contributed by atoms with Crippen LogP contribution < -0.4 is 10.6 Å². The van der Waals surface area contributed by atoms with Crippen LogP contribution in [0.1, 0.15) is 11.7 Å². The van der Waals surface area contributed by atoms with E-state index in [0.717, 1.165) is 5.76 Å². The fourth-order valence-electron chi connectivity index (χ4n) is 1.68. The molecule has 0 aliphatic heterocycles. The van der Waals surface area contributed by atoms with Crippen molar-refractivity contribution in [1.82, 2.24) is 29.7 Å². The number of hydrogen-bond acceptors (Lipinski definition) is 8. The highest BCUT2D eigenvalue weighted by atomic mass is 16.4. The zero-order chi connectivity index (χ0) is 14.7. The Morgan fingerprint density at radius 3 is 2.76 bits per heavy atom. The Balaban J connectivity index is 1.82. The van der Waals surface area contributed by atoms with Crippen LogP contribution in [0.3, 0.4) is 0 Å². The number of anilines is 2. The zero-order valence-corrected chi connectivity index (χ0v) is 11.6. The lowest BCUT2D eigenvalue weighted by molar-refractivity contribution is 0.478. The number of nitrogens with one attached hydrogen (secondary N) is 2. The lowest BCUT2D eigenvalue weighted by Gasteiger charge is -2.07. The molecule has 0 bridgehead atoms. The average Bonchev–Trinajstić information content (AvgIpc) is 3.16. The van der Waals surface area contributed by atoms with Crippen LogP contribution >= 0.6 is 0 Å². The molecular formula is C12H14N8O. The third-order valence-electron chi connectivity index (χ3n) is 2.62. The summed E-state index contributed by atoms with van der Waals surface area (Å²) in [6, 6.07) is 1.80. The number of oxazole rings is 1. The van der Waals surface area contributed by atoms with Gasteiger partial charge in [0, 0.05) is 19.4 Å². The molecule has 2 N–H and O–H groups in total. The third-order valence-corrected chi connectivity index (χ3v) is 2.62. The van der Waals surface area contributed by atoms with E-state index in [1.807, 2.05) is 6.92 Å². The molecular weight excluding hydrogens is 272 g/mol. The van der Waals surface area contributed by atoms with Gasteiger partial charge < -0.3 is 15.1 Å². The van der Waals surface area contributed by atoms with E-state index in [-0.39, 0.29) is 0 Å². The van der Waals surface area contributed by atoms with Crippen molar-refractivity contribution < 1.29 is 4.42 Å². The fraction of sp³-hybridized carbons (Fsp3) is 0.250. The molecule has 0 saturated carbocycles. The van der Waals surface area contributed by atoms with Crippen molar-refractivity contribution in [2.75, 3.05) is 17.7 Å². The SMILES string of the molecule is CNc1nc(NCc2ncc(C)o2)nc(-n2cccn2)n1. The fourth-order valence-corrected chi connectivity index (χ4v) is 1.68. The van der Waals surface area contributed by atoms with Gasteiger partial charge in [-0.1, -0.05) is 0 Å². The molecule has 0 spiro atoms. The molecule has 0 aliphatic carbocycles. The standard InChI is InChI=1S/C12H14N8O/c1-8-6-14-9(21-8)7-15-11-17-10(13-2)18-12(19-11)20-5-3-4-16-20/h3-6H,7H2,1-2H3,(H2,13,15,17,18,19). The Morgan fingerprint density at radius 2 is 2.10 bits per heavy atom. The molecule has 0 saturated heterocycles. The second kappa shape index (κ2) is 5.57. The molecule has 3 rings (SSSR count). The van der Waals surface area contributed by atoms with Crippen LogP contribution in [0.25, 0.3) is 5.95 Å². The zero-order valence-electron chi connectivity index (χ0n) is 11.6. The first-order valence-corrected chi connectivity index (χ1v) is 6.33. The van der Waals surface area contributed by atoms with Gasteiger partial charge in [-0.05, 0) is 13.0 Å². The van der Waals surface area contributed by atoms with E-state index in [0.29, 0.717) is 30.3 Å². The number of hydrogen-bond donors (Lipinski definition) is 2. The smallest absolute Gasteiger partial charge is 0.257 e. The van der Waals surface area contributed by atoms with Crippen molar-refractivity contribution in [3.63, 3.8) is 0 Å². The molecule has 0 aliphatic rings. The van der Waals surface area contributed by atoms with E-state index in [1.165, 1.54) is 0 Å². The van der Waals surface area contributed by atoms with Crippen molar-refractivity contribution in [3.05, 3.63) is 36.3 Å². The predicted octanol–water partition coefficient (Wildman–Crippen LogP) is 1.01. The summed E-state index contributed by atoms with van der Waals surface area (Å²) >= 11 is 0. The molecule has 9 nitrogen and oxygen atoms in total. The minimum absolute atomic E-state index is 0.388. The molecule has 3 aromatic heterocycles. The van der Waals surface area contributed by atoms with Crippen LogP contribution in [-0.4, -0.2) is 36.8 Å². The number of aromatic nitrogens is 6. The van der Waals surface area contributed by atoms with Gasteiger partial charge in [0.25, 0.3) is 5.95 Å². The topological polar surface area (TPSA) is 107 Å². The van der Waals surface area contributed by atoms with Crippen molar-refractivity contribution in [1.29, 1.82) is 0 Å². The number of rotatable bonds is 5. The Labute approximate surface area is 120 Å². The summed E-state index contributed by atoms with van der Waals surface area (Å²) in [4.78, 5) is 16.9. The summed E-state index contributed by atoms with van der Waals surface area (Å²) in [5.41, 5.74) is 0. The first kappa shape index (κ1) is 13.0. The van der Waals surface area contributed by atoms with E-state index in [4.69, 9.17) is 4.42 Å². The lowest BCUT2D eigenvalue weighted by Crippen LogP contribution is -2.11. The summed E-state index contributed by atoms with van der Waals surface area (Å²) < 4.78 is 6.94. The maximum atomic E-state index is 5.39. The van der Waals surface area contributed by atoms with Gasteiger partial charge in [0.15, 0.2) is 0 Å². The minimum Gasteiger partial charge on any atom is -0.444 e. The van der Waals surface area contributed by atoms with Crippen molar-refractivity contribution in [2.45, 2.75) is 13.5 Å². The predicted molar refractivity (Wildman–Crippen MR) is 75.1 cm³/mol. The summed E-state index contributed by atoms with van der Waals surface area (Å²) in [7, 11) is 1.74. The largest absolute Gasteiger partial charge is 0.444 e. The highest BCUT2D eigenvalue weighted by molar-refractivity contribution is 5.37. The van der Waals surface area contributed by atoms with Crippen LogP contribution in [0.4, 0.5) is 11.9 Å². The van der Waals surface area contributed by atoms with Gasteiger partial charge in [-0.2, -0.15) is 20.1 Å². The van der Waals surface area contributed by atoms with Crippen LogP contribution in [0, 0.1) is 6.92 Å². The van der Waals surface area contributed by atoms with Gasteiger partial charge in [-0.3, -0.25) is 0 Å².